The number of primary amides is 1. The summed E-state index contributed by atoms with van der Waals surface area (Å²) in [6, 6.07) is 19.5. The van der Waals surface area contributed by atoms with Crippen molar-refractivity contribution in [3.8, 4) is 5.75 Å². The highest BCUT2D eigenvalue weighted by molar-refractivity contribution is 7.87. The highest BCUT2D eigenvalue weighted by atomic mass is 32.2. The van der Waals surface area contributed by atoms with Crippen LogP contribution in [0.25, 0.3) is 10.8 Å². The van der Waals surface area contributed by atoms with Gasteiger partial charge in [0.15, 0.2) is 0 Å². The summed E-state index contributed by atoms with van der Waals surface area (Å²) in [7, 11) is -12.7. The number of carbonyl (C=O) groups is 1. The van der Waals surface area contributed by atoms with Gasteiger partial charge in [-0.15, -0.1) is 0 Å². The summed E-state index contributed by atoms with van der Waals surface area (Å²) < 4.78 is 104. The van der Waals surface area contributed by atoms with Gasteiger partial charge in [-0.3, -0.25) is 19.0 Å². The molecule has 0 heterocycles. The van der Waals surface area contributed by atoms with Crippen molar-refractivity contribution in [1.29, 1.82) is 0 Å². The second-order valence-electron chi connectivity index (χ2n) is 11.7. The van der Waals surface area contributed by atoms with Crippen LogP contribution in [-0.4, -0.2) is 58.0 Å². The molecule has 0 aromatic heterocycles. The van der Waals surface area contributed by atoms with Crippen molar-refractivity contribution in [2.45, 2.75) is 21.6 Å². The Labute approximate surface area is 325 Å². The number of hydrogen-bond acceptors (Lipinski definition) is 14. The zero-order chi connectivity index (χ0) is 41.7. The number of nitrogens with zero attached hydrogens (tertiary/aromatic N) is 5. The summed E-state index contributed by atoms with van der Waals surface area (Å²) >= 11 is 0. The molecule has 0 saturated carbocycles. The fourth-order valence-corrected chi connectivity index (χ4v) is 6.86. The van der Waals surface area contributed by atoms with Crippen LogP contribution >= 0.6 is 0 Å². The third kappa shape index (κ3) is 11.0. The molecule has 0 aliphatic rings. The van der Waals surface area contributed by atoms with Gasteiger partial charge >= 0.3 is 6.03 Å². The number of amides is 2. The maximum atomic E-state index is 12.0. The first-order valence-corrected chi connectivity index (χ1v) is 20.1. The number of nitrogens with one attached hydrogen (secondary N) is 3. The molecule has 0 fully saturated rings. The quantitative estimate of drug-likeness (QED) is 0.0296. The van der Waals surface area contributed by atoms with Gasteiger partial charge in [0.1, 0.15) is 16.5 Å². The molecule has 296 valence electrons. The minimum Gasteiger partial charge on any atom is -0.494 e. The van der Waals surface area contributed by atoms with Gasteiger partial charge in [-0.25, -0.2) is 4.79 Å². The normalized spacial score (nSPS) is 12.5. The molecule has 0 unspecified atom stereocenters. The number of azo groups is 2. The first kappa shape index (κ1) is 41.5. The van der Waals surface area contributed by atoms with Crippen LogP contribution in [0.1, 0.15) is 5.56 Å². The van der Waals surface area contributed by atoms with Crippen molar-refractivity contribution >= 4 is 87.2 Å². The fourth-order valence-electron chi connectivity index (χ4n) is 4.99. The number of fused-ring (bicyclic) bond motifs is 1. The molecule has 23 heteroatoms. The van der Waals surface area contributed by atoms with Crippen molar-refractivity contribution in [1.82, 2.24) is 5.32 Å². The number of ether oxygens (including phenoxy) is 1. The summed E-state index contributed by atoms with van der Waals surface area (Å²) in [4.78, 5) is 14.3. The molecule has 0 spiro atoms. The van der Waals surface area contributed by atoms with E-state index in [1.165, 1.54) is 49.6 Å². The zero-order valence-corrected chi connectivity index (χ0v) is 32.0. The van der Waals surface area contributed by atoms with E-state index in [4.69, 9.17) is 10.5 Å². The third-order valence-corrected chi connectivity index (χ3v) is 10.1. The second-order valence-corrected chi connectivity index (χ2v) is 15.9. The minimum absolute atomic E-state index is 0.0323. The molecule has 0 aliphatic carbocycles. The van der Waals surface area contributed by atoms with Crippen LogP contribution in [0.15, 0.2) is 144 Å². The summed E-state index contributed by atoms with van der Waals surface area (Å²) in [6.07, 6.45) is 0. The van der Waals surface area contributed by atoms with E-state index >= 15 is 0 Å². The van der Waals surface area contributed by atoms with Gasteiger partial charge in [0.05, 0.1) is 45.3 Å². The van der Waals surface area contributed by atoms with E-state index in [-0.39, 0.29) is 38.8 Å². The van der Waals surface area contributed by atoms with E-state index in [0.29, 0.717) is 40.1 Å². The average Bonchev–Trinajstić information content (AvgIpc) is 3.12. The lowest BCUT2D eigenvalue weighted by Crippen LogP contribution is -2.39. The van der Waals surface area contributed by atoms with E-state index in [0.717, 1.165) is 12.1 Å². The Bertz CT molecular complexity index is 2860. The average molecular weight is 838 g/mol. The Morgan fingerprint density at radius 1 is 0.719 bits per heavy atom. The molecule has 5 aromatic carbocycles. The standard InChI is InChI=1S/C34H31N9O11S3/c1-19-13-22(9-11-29(19)43-42-24-8-7-21-14-27(56(48,49)50)18-32(28(21)16-24)57(51,52)53)38-34(39-33(35)44)37-20(2)36-30-12-10-25(17-31(30)54-3)41-40-23-5-4-6-26(15-23)55(45,46)47/h4-18,36H,2H2,1,3H3,(H,45,46,47)(H,48,49,50)(H,51,52,53)(H4,35,37,38,39,44)/b41-40+,43-42+. The number of anilines is 2. The van der Waals surface area contributed by atoms with Gasteiger partial charge < -0.3 is 21.1 Å². The number of nitrogens with two attached hydrogens (primary N) is 1. The Hall–Kier alpha value is -6.63. The highest BCUT2D eigenvalue weighted by Crippen LogP contribution is 2.33. The number of aliphatic imine (C=N–C) groups is 1. The molecular weight excluding hydrogens is 807 g/mol. The van der Waals surface area contributed by atoms with E-state index < -0.39 is 46.2 Å². The minimum atomic E-state index is -4.91. The van der Waals surface area contributed by atoms with Crippen LogP contribution < -0.4 is 26.4 Å². The molecule has 2 amide bonds. The number of methoxy groups -OCH3 is 1. The van der Waals surface area contributed by atoms with Gasteiger partial charge in [-0.05, 0) is 90.7 Å². The number of rotatable bonds is 12. The smallest absolute Gasteiger partial charge is 0.318 e. The molecule has 5 aromatic rings. The van der Waals surface area contributed by atoms with Crippen LogP contribution in [0.5, 0.6) is 5.75 Å². The molecule has 0 atom stereocenters. The van der Waals surface area contributed by atoms with Crippen molar-refractivity contribution in [3.05, 3.63) is 109 Å². The number of guanidine groups is 1. The van der Waals surface area contributed by atoms with Crippen LogP contribution in [0.2, 0.25) is 0 Å². The molecule has 20 nitrogen and oxygen atoms in total. The predicted octanol–water partition coefficient (Wildman–Crippen LogP) is 6.75. The molecule has 57 heavy (non-hydrogen) atoms. The Morgan fingerprint density at radius 2 is 1.37 bits per heavy atom. The Kier molecular flexibility index (Phi) is 12.1. The zero-order valence-electron chi connectivity index (χ0n) is 29.5. The summed E-state index contributed by atoms with van der Waals surface area (Å²) in [5, 5.41) is 24.7. The lowest BCUT2D eigenvalue weighted by Gasteiger charge is -2.14. The second kappa shape index (κ2) is 16.6. The van der Waals surface area contributed by atoms with Crippen molar-refractivity contribution in [2.75, 3.05) is 17.7 Å². The third-order valence-electron chi connectivity index (χ3n) is 7.53. The van der Waals surface area contributed by atoms with Gasteiger partial charge in [0.25, 0.3) is 30.4 Å². The number of carbonyl (C=O) groups excluding carboxylic acids is 1. The molecule has 0 aliphatic heterocycles. The Morgan fingerprint density at radius 3 is 2.00 bits per heavy atom. The molecular formula is C34H31N9O11S3. The first-order chi connectivity index (χ1) is 26.7. The number of urea groups is 1. The molecule has 0 radical (unpaired) electrons. The van der Waals surface area contributed by atoms with Gasteiger partial charge in [-0.2, -0.15) is 50.7 Å². The van der Waals surface area contributed by atoms with Crippen LogP contribution in [0.4, 0.5) is 38.9 Å². The monoisotopic (exact) mass is 837 g/mol. The summed E-state index contributed by atoms with van der Waals surface area (Å²) in [5.41, 5.74) is 7.82. The highest BCUT2D eigenvalue weighted by Gasteiger charge is 2.21. The molecule has 0 saturated heterocycles. The molecule has 5 rings (SSSR count). The SMILES string of the molecule is C=C(/N=C(\NC(N)=O)Nc1ccc(/N=N/c2ccc3cc(S(=O)(=O)O)cc(S(=O)(=O)O)c3c2)c(C)c1)Nc1ccc(/N=N/c2cccc(S(=O)(=O)O)c2)cc1OC. The number of benzene rings is 5. The van der Waals surface area contributed by atoms with Gasteiger partial charge in [0, 0.05) is 17.1 Å². The lowest BCUT2D eigenvalue weighted by atomic mass is 10.1. The number of aryl methyl sites for hydroxylation is 1. The largest absolute Gasteiger partial charge is 0.494 e. The van der Waals surface area contributed by atoms with E-state index in [2.05, 4.69) is 48.0 Å². The first-order valence-electron chi connectivity index (χ1n) is 15.8. The summed E-state index contributed by atoms with van der Waals surface area (Å²) in [5.74, 6) is 0.208. The predicted molar refractivity (Wildman–Crippen MR) is 209 cm³/mol. The van der Waals surface area contributed by atoms with Gasteiger partial charge in [-0.1, -0.05) is 18.7 Å². The van der Waals surface area contributed by atoms with Crippen LogP contribution in [-0.2, 0) is 30.4 Å². The number of hydrogen-bond donors (Lipinski definition) is 7. The van der Waals surface area contributed by atoms with Gasteiger partial charge in [0.2, 0.25) is 5.96 Å². The van der Waals surface area contributed by atoms with Crippen LogP contribution in [0, 0.1) is 6.92 Å². The fraction of sp³-hybridized carbons (Fsp3) is 0.0588. The summed E-state index contributed by atoms with van der Waals surface area (Å²) in [6.45, 7) is 5.57. The topological polar surface area (TPSA) is 313 Å². The van der Waals surface area contributed by atoms with Crippen molar-refractivity contribution < 1.29 is 48.4 Å². The van der Waals surface area contributed by atoms with Crippen LogP contribution in [0.3, 0.4) is 0 Å². The lowest BCUT2D eigenvalue weighted by molar-refractivity contribution is 0.253. The van der Waals surface area contributed by atoms with Crippen molar-refractivity contribution in [3.63, 3.8) is 0 Å². The maximum absolute atomic E-state index is 12.0. The molecule has 0 bridgehead atoms. The van der Waals surface area contributed by atoms with Crippen molar-refractivity contribution in [2.24, 2.45) is 31.2 Å². The van der Waals surface area contributed by atoms with E-state index in [9.17, 15) is 43.7 Å². The molecule has 8 N–H and O–H groups in total. The van der Waals surface area contributed by atoms with E-state index in [1.54, 1.807) is 37.3 Å². The van der Waals surface area contributed by atoms with E-state index in [1.807, 2.05) is 0 Å². The Balaban J connectivity index is 1.32. The maximum Gasteiger partial charge on any atom is 0.318 e.